The third-order valence-corrected chi connectivity index (χ3v) is 4.53. The molecule has 0 radical (unpaired) electrons. The minimum atomic E-state index is -4.40. The normalized spacial score (nSPS) is 11.5. The minimum absolute atomic E-state index is 0.245. The van der Waals surface area contributed by atoms with E-state index < -0.39 is 11.7 Å². The largest absolute Gasteiger partial charge is 0.493 e. The van der Waals surface area contributed by atoms with Crippen molar-refractivity contribution in [3.05, 3.63) is 66.6 Å². The Kier molecular flexibility index (Phi) is 4.86. The highest BCUT2D eigenvalue weighted by Gasteiger charge is 2.30. The van der Waals surface area contributed by atoms with Crippen LogP contribution in [-0.2, 0) is 6.18 Å². The number of benzene rings is 1. The summed E-state index contributed by atoms with van der Waals surface area (Å²) in [7, 11) is 1.49. The van der Waals surface area contributed by atoms with Crippen LogP contribution in [0.15, 0.2) is 61.1 Å². The zero-order valence-corrected chi connectivity index (χ0v) is 15.7. The number of H-pyrrole nitrogens is 1. The lowest BCUT2D eigenvalue weighted by Gasteiger charge is -2.07. The number of pyridine rings is 2. The minimum Gasteiger partial charge on any atom is -0.493 e. The van der Waals surface area contributed by atoms with Crippen LogP contribution in [0.1, 0.15) is 5.56 Å². The number of nitrogens with one attached hydrogen (secondary N) is 1. The second-order valence-corrected chi connectivity index (χ2v) is 6.43. The van der Waals surface area contributed by atoms with Crippen LogP contribution in [-0.4, -0.2) is 27.0 Å². The molecule has 0 aliphatic heterocycles. The Balaban J connectivity index is 1.85. The van der Waals surface area contributed by atoms with Crippen molar-refractivity contribution in [2.75, 3.05) is 12.8 Å². The highest BCUT2D eigenvalue weighted by Crippen LogP contribution is 2.36. The Morgan fingerprint density at radius 3 is 2.30 bits per heavy atom. The van der Waals surface area contributed by atoms with E-state index in [0.29, 0.717) is 34.1 Å². The van der Waals surface area contributed by atoms with Gasteiger partial charge in [-0.1, -0.05) is 12.1 Å². The zero-order chi connectivity index (χ0) is 21.3. The van der Waals surface area contributed by atoms with Crippen LogP contribution < -0.4 is 10.5 Å². The Labute approximate surface area is 169 Å². The molecule has 3 aromatic heterocycles. The van der Waals surface area contributed by atoms with Gasteiger partial charge in [0.15, 0.2) is 11.6 Å². The van der Waals surface area contributed by atoms with Crippen LogP contribution in [0.4, 0.5) is 19.0 Å². The van der Waals surface area contributed by atoms with Gasteiger partial charge in [-0.15, -0.1) is 0 Å². The summed E-state index contributed by atoms with van der Waals surface area (Å²) in [4.78, 5) is 16.0. The van der Waals surface area contributed by atoms with Crippen molar-refractivity contribution < 1.29 is 17.9 Å². The monoisotopic (exact) mass is 411 g/mol. The molecule has 0 aliphatic carbocycles. The lowest BCUT2D eigenvalue weighted by molar-refractivity contribution is -0.137. The predicted molar refractivity (Wildman–Crippen MR) is 106 cm³/mol. The summed E-state index contributed by atoms with van der Waals surface area (Å²) in [6, 6.07) is 10.1. The number of halogens is 3. The summed E-state index contributed by atoms with van der Waals surface area (Å²) in [5.74, 6) is 1.06. The molecule has 0 unspecified atom stereocenters. The van der Waals surface area contributed by atoms with E-state index in [-0.39, 0.29) is 5.82 Å². The quantitative estimate of drug-likeness (QED) is 0.503. The van der Waals surface area contributed by atoms with E-state index in [9.17, 15) is 13.2 Å². The Morgan fingerprint density at radius 2 is 1.67 bits per heavy atom. The number of hydrogen-bond acceptors (Lipinski definition) is 5. The number of hydrogen-bond donors (Lipinski definition) is 2. The fourth-order valence-corrected chi connectivity index (χ4v) is 3.01. The summed E-state index contributed by atoms with van der Waals surface area (Å²) in [5.41, 5.74) is 8.27. The van der Waals surface area contributed by atoms with E-state index in [2.05, 4.69) is 19.9 Å². The molecule has 30 heavy (non-hydrogen) atoms. The SMILES string of the molecule is COc1cc(-c2[nH]c(-c3ccc(C(F)(F)F)cc3)nc2-c2ccncc2)cnc1N. The average Bonchev–Trinajstić information content (AvgIpc) is 3.20. The van der Waals surface area contributed by atoms with Crippen molar-refractivity contribution in [3.8, 4) is 39.7 Å². The molecule has 0 bridgehead atoms. The maximum Gasteiger partial charge on any atom is 0.416 e. The standard InChI is InChI=1S/C21H16F3N5O/c1-30-16-10-14(11-27-19(16)25)18-17(12-6-8-26-9-7-12)28-20(29-18)13-2-4-15(5-3-13)21(22,23)24/h2-11H,1H3,(H2,25,27)(H,28,29). The molecular weight excluding hydrogens is 395 g/mol. The van der Waals surface area contributed by atoms with Crippen LogP contribution in [0.25, 0.3) is 33.9 Å². The summed E-state index contributed by atoms with van der Waals surface area (Å²) in [5, 5.41) is 0. The third kappa shape index (κ3) is 3.69. The number of rotatable bonds is 4. The van der Waals surface area contributed by atoms with Gasteiger partial charge in [-0.2, -0.15) is 13.2 Å². The summed E-state index contributed by atoms with van der Waals surface area (Å²) >= 11 is 0. The summed E-state index contributed by atoms with van der Waals surface area (Å²) in [6.07, 6.45) is 0.439. The molecule has 0 saturated carbocycles. The molecule has 3 N–H and O–H groups in total. The first-order valence-electron chi connectivity index (χ1n) is 8.84. The van der Waals surface area contributed by atoms with Gasteiger partial charge in [-0.3, -0.25) is 4.98 Å². The van der Waals surface area contributed by atoms with Crippen molar-refractivity contribution in [1.82, 2.24) is 19.9 Å². The van der Waals surface area contributed by atoms with Gasteiger partial charge in [0.25, 0.3) is 0 Å². The second-order valence-electron chi connectivity index (χ2n) is 6.43. The van der Waals surface area contributed by atoms with Gasteiger partial charge in [-0.05, 0) is 30.3 Å². The van der Waals surface area contributed by atoms with E-state index >= 15 is 0 Å². The van der Waals surface area contributed by atoms with E-state index in [1.165, 1.54) is 19.2 Å². The molecule has 3 heterocycles. The molecule has 9 heteroatoms. The van der Waals surface area contributed by atoms with Gasteiger partial charge in [0.1, 0.15) is 5.82 Å². The highest BCUT2D eigenvalue weighted by molar-refractivity contribution is 5.81. The number of alkyl halides is 3. The van der Waals surface area contributed by atoms with E-state index in [4.69, 9.17) is 10.5 Å². The van der Waals surface area contributed by atoms with Crippen LogP contribution in [0.2, 0.25) is 0 Å². The number of nitrogens with two attached hydrogens (primary N) is 1. The molecule has 0 saturated heterocycles. The molecule has 0 fully saturated rings. The number of ether oxygens (including phenoxy) is 1. The molecule has 0 atom stereocenters. The third-order valence-electron chi connectivity index (χ3n) is 4.53. The van der Waals surface area contributed by atoms with Gasteiger partial charge >= 0.3 is 6.18 Å². The molecule has 0 aliphatic rings. The fourth-order valence-electron chi connectivity index (χ4n) is 3.01. The predicted octanol–water partition coefficient (Wildman–Crippen LogP) is 4.81. The number of anilines is 1. The molecule has 4 rings (SSSR count). The van der Waals surface area contributed by atoms with Gasteiger partial charge in [0, 0.05) is 35.3 Å². The molecule has 0 amide bonds. The maximum atomic E-state index is 12.9. The topological polar surface area (TPSA) is 89.7 Å². The van der Waals surface area contributed by atoms with Crippen LogP contribution in [0, 0.1) is 0 Å². The van der Waals surface area contributed by atoms with Crippen molar-refractivity contribution in [1.29, 1.82) is 0 Å². The molecule has 4 aromatic rings. The van der Waals surface area contributed by atoms with Crippen LogP contribution in [0.3, 0.4) is 0 Å². The van der Waals surface area contributed by atoms with Crippen molar-refractivity contribution >= 4 is 5.82 Å². The van der Waals surface area contributed by atoms with Crippen molar-refractivity contribution in [2.24, 2.45) is 0 Å². The number of aromatic amines is 1. The van der Waals surface area contributed by atoms with Crippen LogP contribution >= 0.6 is 0 Å². The molecular formula is C21H16F3N5O. The first kappa shape index (κ1) is 19.4. The lowest BCUT2D eigenvalue weighted by atomic mass is 10.1. The summed E-state index contributed by atoms with van der Waals surface area (Å²) in [6.45, 7) is 0. The molecule has 152 valence electrons. The fraction of sp³-hybridized carbons (Fsp3) is 0.0952. The lowest BCUT2D eigenvalue weighted by Crippen LogP contribution is -2.04. The number of nitrogen functional groups attached to an aromatic ring is 1. The molecule has 6 nitrogen and oxygen atoms in total. The number of imidazole rings is 1. The van der Waals surface area contributed by atoms with Gasteiger partial charge < -0.3 is 15.5 Å². The smallest absolute Gasteiger partial charge is 0.416 e. The molecule has 1 aromatic carbocycles. The van der Waals surface area contributed by atoms with Gasteiger partial charge in [0.05, 0.1) is 24.1 Å². The Hall–Kier alpha value is -3.88. The highest BCUT2D eigenvalue weighted by atomic mass is 19.4. The summed E-state index contributed by atoms with van der Waals surface area (Å²) < 4.78 is 43.9. The molecule has 0 spiro atoms. The maximum absolute atomic E-state index is 12.9. The first-order chi connectivity index (χ1) is 14.4. The van der Waals surface area contributed by atoms with E-state index in [1.54, 1.807) is 36.8 Å². The van der Waals surface area contributed by atoms with Gasteiger partial charge in [0.2, 0.25) is 0 Å². The number of methoxy groups -OCH3 is 1. The van der Waals surface area contributed by atoms with Gasteiger partial charge in [-0.25, -0.2) is 9.97 Å². The van der Waals surface area contributed by atoms with Crippen LogP contribution in [0.5, 0.6) is 5.75 Å². The van der Waals surface area contributed by atoms with E-state index in [0.717, 1.165) is 17.7 Å². The second kappa shape index (κ2) is 7.51. The Morgan fingerprint density at radius 1 is 0.967 bits per heavy atom. The Bertz CT molecular complexity index is 1170. The average molecular weight is 411 g/mol. The van der Waals surface area contributed by atoms with E-state index in [1.807, 2.05) is 0 Å². The number of nitrogens with zero attached hydrogens (tertiary/aromatic N) is 3. The van der Waals surface area contributed by atoms with Crippen molar-refractivity contribution in [2.45, 2.75) is 6.18 Å². The number of aromatic nitrogens is 4. The van der Waals surface area contributed by atoms with Crippen molar-refractivity contribution in [3.63, 3.8) is 0 Å². The first-order valence-corrected chi connectivity index (χ1v) is 8.84. The zero-order valence-electron chi connectivity index (χ0n) is 15.7.